The van der Waals surface area contributed by atoms with E-state index in [9.17, 15) is 0 Å². The molecule has 2 nitrogen and oxygen atoms in total. The van der Waals surface area contributed by atoms with Gasteiger partial charge in [-0.05, 0) is 36.8 Å². The smallest absolute Gasteiger partial charge is 0.137 e. The maximum absolute atomic E-state index is 6.08. The van der Waals surface area contributed by atoms with Crippen molar-refractivity contribution in [3.8, 4) is 5.75 Å². The predicted molar refractivity (Wildman–Crippen MR) is 75.2 cm³/mol. The van der Waals surface area contributed by atoms with E-state index in [-0.39, 0.29) is 0 Å². The number of benzene rings is 1. The van der Waals surface area contributed by atoms with Gasteiger partial charge in [0.25, 0.3) is 0 Å². The molecule has 1 fully saturated rings. The van der Waals surface area contributed by atoms with Gasteiger partial charge in [-0.15, -0.1) is 0 Å². The highest BCUT2D eigenvalue weighted by Gasteiger charge is 2.41. The third-order valence-electron chi connectivity index (χ3n) is 3.23. The molecule has 1 aliphatic carbocycles. The molecule has 94 valence electrons. The summed E-state index contributed by atoms with van der Waals surface area (Å²) in [6, 6.07) is 5.93. The summed E-state index contributed by atoms with van der Waals surface area (Å²) in [5.41, 5.74) is 1.20. The quantitative estimate of drug-likeness (QED) is 0.858. The minimum atomic E-state index is 0.510. The highest BCUT2D eigenvalue weighted by molar-refractivity contribution is 8.00. The number of hydrogen-bond donors (Lipinski definition) is 1. The van der Waals surface area contributed by atoms with Crippen LogP contribution < -0.4 is 10.1 Å². The van der Waals surface area contributed by atoms with E-state index >= 15 is 0 Å². The second-order valence-corrected chi connectivity index (χ2v) is 6.14. The summed E-state index contributed by atoms with van der Waals surface area (Å²) in [4.78, 5) is 0. The molecular formula is C13H18ClNOS. The third-order valence-corrected chi connectivity index (χ3v) is 4.95. The largest absolute Gasteiger partial charge is 0.495 e. The molecule has 0 spiro atoms. The van der Waals surface area contributed by atoms with Gasteiger partial charge < -0.3 is 10.1 Å². The molecular weight excluding hydrogens is 254 g/mol. The molecule has 0 aliphatic heterocycles. The lowest BCUT2D eigenvalue weighted by Gasteiger charge is -2.13. The molecule has 1 aromatic rings. The van der Waals surface area contributed by atoms with E-state index in [4.69, 9.17) is 16.3 Å². The molecule has 0 aromatic heterocycles. The first-order valence-corrected chi connectivity index (χ1v) is 7.38. The molecule has 0 atom stereocenters. The van der Waals surface area contributed by atoms with Crippen LogP contribution in [0.3, 0.4) is 0 Å². The van der Waals surface area contributed by atoms with Crippen LogP contribution in [-0.4, -0.2) is 24.7 Å². The van der Waals surface area contributed by atoms with E-state index in [1.165, 1.54) is 18.4 Å². The van der Waals surface area contributed by atoms with Crippen molar-refractivity contribution in [2.75, 3.05) is 19.9 Å². The fourth-order valence-corrected chi connectivity index (χ4v) is 2.88. The zero-order valence-electron chi connectivity index (χ0n) is 10.3. The van der Waals surface area contributed by atoms with Crippen LogP contribution >= 0.6 is 23.4 Å². The Morgan fingerprint density at radius 2 is 2.24 bits per heavy atom. The Hall–Kier alpha value is -0.380. The van der Waals surface area contributed by atoms with Crippen molar-refractivity contribution < 1.29 is 4.74 Å². The lowest BCUT2D eigenvalue weighted by molar-refractivity contribution is 0.415. The van der Waals surface area contributed by atoms with Gasteiger partial charge in [-0.2, -0.15) is 11.8 Å². The van der Waals surface area contributed by atoms with Crippen LogP contribution in [0.2, 0.25) is 5.02 Å². The Balaban J connectivity index is 1.85. The number of methoxy groups -OCH3 is 1. The lowest BCUT2D eigenvalue weighted by Crippen LogP contribution is -2.25. The van der Waals surface area contributed by atoms with Crippen LogP contribution in [-0.2, 0) is 6.54 Å². The van der Waals surface area contributed by atoms with Crippen LogP contribution in [0.15, 0.2) is 18.2 Å². The van der Waals surface area contributed by atoms with E-state index in [2.05, 4.69) is 17.6 Å². The number of nitrogens with one attached hydrogen (secondary N) is 1. The van der Waals surface area contributed by atoms with Crippen molar-refractivity contribution in [3.63, 3.8) is 0 Å². The predicted octanol–water partition coefficient (Wildman–Crippen LogP) is 3.33. The number of halogens is 1. The summed E-state index contributed by atoms with van der Waals surface area (Å²) in [5, 5.41) is 4.18. The molecule has 17 heavy (non-hydrogen) atoms. The second kappa shape index (κ2) is 5.51. The van der Waals surface area contributed by atoms with E-state index in [1.54, 1.807) is 7.11 Å². The number of rotatable bonds is 6. The van der Waals surface area contributed by atoms with Gasteiger partial charge in [-0.25, -0.2) is 0 Å². The summed E-state index contributed by atoms with van der Waals surface area (Å²) in [6.45, 7) is 1.95. The molecule has 1 aliphatic rings. The molecule has 1 aromatic carbocycles. The van der Waals surface area contributed by atoms with Crippen molar-refractivity contribution in [3.05, 3.63) is 28.8 Å². The zero-order chi connectivity index (χ0) is 12.3. The molecule has 1 saturated carbocycles. The molecule has 0 saturated heterocycles. The second-order valence-electron chi connectivity index (χ2n) is 4.46. The molecule has 1 N–H and O–H groups in total. The monoisotopic (exact) mass is 271 g/mol. The first kappa shape index (κ1) is 13.1. The van der Waals surface area contributed by atoms with Gasteiger partial charge in [-0.1, -0.05) is 17.7 Å². The minimum absolute atomic E-state index is 0.510. The Morgan fingerprint density at radius 3 is 2.76 bits per heavy atom. The summed E-state index contributed by atoms with van der Waals surface area (Å²) in [6.07, 6.45) is 4.87. The van der Waals surface area contributed by atoms with Crippen molar-refractivity contribution in [1.82, 2.24) is 5.32 Å². The van der Waals surface area contributed by atoms with Gasteiger partial charge in [0, 0.05) is 17.8 Å². The van der Waals surface area contributed by atoms with Gasteiger partial charge in [-0.3, -0.25) is 0 Å². The van der Waals surface area contributed by atoms with Crippen LogP contribution in [0.5, 0.6) is 5.75 Å². The number of ether oxygens (including phenoxy) is 1. The van der Waals surface area contributed by atoms with E-state index in [0.717, 1.165) is 18.8 Å². The van der Waals surface area contributed by atoms with Crippen molar-refractivity contribution in [2.45, 2.75) is 24.1 Å². The van der Waals surface area contributed by atoms with Crippen LogP contribution in [0.1, 0.15) is 18.4 Å². The molecule has 0 radical (unpaired) electrons. The fourth-order valence-electron chi connectivity index (χ4n) is 1.85. The molecule has 2 rings (SSSR count). The standard InChI is InChI=1S/C13H18ClNOS/c1-16-12-4-3-10(7-11(12)14)8-15-9-13(17-2)5-6-13/h3-4,7,15H,5-6,8-9H2,1-2H3. The van der Waals surface area contributed by atoms with Crippen LogP contribution in [0.4, 0.5) is 0 Å². The Bertz CT molecular complexity index is 393. The van der Waals surface area contributed by atoms with Crippen LogP contribution in [0, 0.1) is 0 Å². The van der Waals surface area contributed by atoms with E-state index in [1.807, 2.05) is 23.9 Å². The topological polar surface area (TPSA) is 21.3 Å². The summed E-state index contributed by atoms with van der Waals surface area (Å²) in [5.74, 6) is 0.734. The van der Waals surface area contributed by atoms with Gasteiger partial charge in [0.05, 0.1) is 12.1 Å². The van der Waals surface area contributed by atoms with Crippen molar-refractivity contribution >= 4 is 23.4 Å². The van der Waals surface area contributed by atoms with Crippen molar-refractivity contribution in [2.24, 2.45) is 0 Å². The highest BCUT2D eigenvalue weighted by atomic mass is 35.5. The maximum Gasteiger partial charge on any atom is 0.137 e. The van der Waals surface area contributed by atoms with Gasteiger partial charge in [0.2, 0.25) is 0 Å². The summed E-state index contributed by atoms with van der Waals surface area (Å²) < 4.78 is 5.64. The Kier molecular flexibility index (Phi) is 4.23. The zero-order valence-corrected chi connectivity index (χ0v) is 11.8. The normalized spacial score (nSPS) is 16.9. The number of thioether (sulfide) groups is 1. The summed E-state index contributed by atoms with van der Waals surface area (Å²) >= 11 is 8.06. The fraction of sp³-hybridized carbons (Fsp3) is 0.538. The first-order chi connectivity index (χ1) is 8.19. The minimum Gasteiger partial charge on any atom is -0.495 e. The Labute approximate surface area is 112 Å². The third kappa shape index (κ3) is 3.30. The average Bonchev–Trinajstić information content (AvgIpc) is 3.10. The SMILES string of the molecule is COc1ccc(CNCC2(SC)CC2)cc1Cl. The van der Waals surface area contributed by atoms with Gasteiger partial charge in [0.15, 0.2) is 0 Å². The molecule has 0 heterocycles. The first-order valence-electron chi connectivity index (χ1n) is 5.77. The van der Waals surface area contributed by atoms with Crippen molar-refractivity contribution in [1.29, 1.82) is 0 Å². The molecule has 0 amide bonds. The van der Waals surface area contributed by atoms with Gasteiger partial charge in [0.1, 0.15) is 5.75 Å². The number of hydrogen-bond acceptors (Lipinski definition) is 3. The highest BCUT2D eigenvalue weighted by Crippen LogP contribution is 2.46. The molecule has 0 bridgehead atoms. The average molecular weight is 272 g/mol. The van der Waals surface area contributed by atoms with Gasteiger partial charge >= 0.3 is 0 Å². The molecule has 0 unspecified atom stereocenters. The van der Waals surface area contributed by atoms with E-state index in [0.29, 0.717) is 9.77 Å². The molecule has 4 heteroatoms. The summed E-state index contributed by atoms with van der Waals surface area (Å²) in [7, 11) is 1.63. The lowest BCUT2D eigenvalue weighted by atomic mass is 10.2. The Morgan fingerprint density at radius 1 is 1.47 bits per heavy atom. The van der Waals surface area contributed by atoms with Crippen LogP contribution in [0.25, 0.3) is 0 Å². The van der Waals surface area contributed by atoms with E-state index < -0.39 is 0 Å². The maximum atomic E-state index is 6.08.